The Morgan fingerprint density at radius 1 is 1.14 bits per heavy atom. The zero-order valence-electron chi connectivity index (χ0n) is 15.9. The maximum Gasteiger partial charge on any atom is 0.236 e. The van der Waals surface area contributed by atoms with E-state index in [1.54, 1.807) is 24.5 Å². The van der Waals surface area contributed by atoms with E-state index in [1.807, 2.05) is 11.0 Å². The molecule has 0 spiro atoms. The minimum atomic E-state index is -0.292. The quantitative estimate of drug-likeness (QED) is 0.810. The molecule has 2 aliphatic rings. The summed E-state index contributed by atoms with van der Waals surface area (Å²) in [6.45, 7) is 4.58. The van der Waals surface area contributed by atoms with Crippen LogP contribution in [0, 0.1) is 5.82 Å². The fourth-order valence-corrected chi connectivity index (χ4v) is 4.03. The minimum Gasteiger partial charge on any atom is -0.378 e. The van der Waals surface area contributed by atoms with Crippen LogP contribution >= 0.6 is 0 Å². The Kier molecular flexibility index (Phi) is 5.92. The summed E-state index contributed by atoms with van der Waals surface area (Å²) in [5.41, 5.74) is 1.90. The number of hydrogen-bond acceptors (Lipinski definition) is 5. The zero-order valence-corrected chi connectivity index (χ0v) is 15.9. The van der Waals surface area contributed by atoms with Crippen LogP contribution in [0.1, 0.15) is 24.5 Å². The molecule has 148 valence electrons. The number of rotatable bonds is 4. The predicted molar refractivity (Wildman–Crippen MR) is 103 cm³/mol. The van der Waals surface area contributed by atoms with Crippen molar-refractivity contribution in [1.82, 2.24) is 19.8 Å². The number of benzene rings is 1. The van der Waals surface area contributed by atoms with Crippen molar-refractivity contribution in [1.29, 1.82) is 0 Å². The Bertz CT molecular complexity index is 826. The van der Waals surface area contributed by atoms with Crippen molar-refractivity contribution in [2.75, 3.05) is 45.9 Å². The Morgan fingerprint density at radius 2 is 1.93 bits per heavy atom. The van der Waals surface area contributed by atoms with Crippen LogP contribution in [0.4, 0.5) is 4.39 Å². The smallest absolute Gasteiger partial charge is 0.236 e. The van der Waals surface area contributed by atoms with Crippen molar-refractivity contribution in [2.45, 2.75) is 18.8 Å². The summed E-state index contributed by atoms with van der Waals surface area (Å²) in [6, 6.07) is 6.67. The van der Waals surface area contributed by atoms with Crippen LogP contribution in [0.3, 0.4) is 0 Å². The van der Waals surface area contributed by atoms with Crippen LogP contribution in [0.15, 0.2) is 36.7 Å². The highest BCUT2D eigenvalue weighted by atomic mass is 19.1. The van der Waals surface area contributed by atoms with Gasteiger partial charge in [0.05, 0.1) is 31.1 Å². The lowest BCUT2D eigenvalue weighted by atomic mass is 9.91. The molecule has 6 nitrogen and oxygen atoms in total. The van der Waals surface area contributed by atoms with Gasteiger partial charge in [0.1, 0.15) is 5.82 Å². The highest BCUT2D eigenvalue weighted by Gasteiger charge is 2.28. The molecule has 2 saturated heterocycles. The number of halogens is 1. The van der Waals surface area contributed by atoms with E-state index in [4.69, 9.17) is 4.74 Å². The highest BCUT2D eigenvalue weighted by Crippen LogP contribution is 2.32. The predicted octanol–water partition coefficient (Wildman–Crippen LogP) is 2.32. The van der Waals surface area contributed by atoms with E-state index in [-0.39, 0.29) is 17.6 Å². The summed E-state index contributed by atoms with van der Waals surface area (Å²) < 4.78 is 19.7. The van der Waals surface area contributed by atoms with Gasteiger partial charge in [-0.2, -0.15) is 0 Å². The molecule has 0 bridgehead atoms. The molecule has 0 aliphatic carbocycles. The Morgan fingerprint density at radius 3 is 2.75 bits per heavy atom. The number of morpholine rings is 1. The van der Waals surface area contributed by atoms with Crippen LogP contribution in [0.2, 0.25) is 0 Å². The van der Waals surface area contributed by atoms with Gasteiger partial charge in [0.2, 0.25) is 5.91 Å². The SMILES string of the molecule is O=C(CN1CCCC(c2nccnc2-c2ccccc2F)C1)N1CCOCC1. The number of carbonyl (C=O) groups is 1. The zero-order chi connectivity index (χ0) is 19.3. The van der Waals surface area contributed by atoms with Crippen molar-refractivity contribution < 1.29 is 13.9 Å². The van der Waals surface area contributed by atoms with Crippen molar-refractivity contribution in [3.8, 4) is 11.3 Å². The van der Waals surface area contributed by atoms with Crippen molar-refractivity contribution >= 4 is 5.91 Å². The van der Waals surface area contributed by atoms with Gasteiger partial charge >= 0.3 is 0 Å². The van der Waals surface area contributed by atoms with Crippen LogP contribution < -0.4 is 0 Å². The Labute approximate surface area is 164 Å². The third-order valence-corrected chi connectivity index (χ3v) is 5.47. The molecule has 2 fully saturated rings. The molecule has 0 saturated carbocycles. The van der Waals surface area contributed by atoms with Gasteiger partial charge in [-0.3, -0.25) is 19.7 Å². The number of piperidine rings is 1. The van der Waals surface area contributed by atoms with Crippen LogP contribution in [-0.4, -0.2) is 71.6 Å². The summed E-state index contributed by atoms with van der Waals surface area (Å²) in [7, 11) is 0. The van der Waals surface area contributed by atoms with E-state index in [1.165, 1.54) is 6.07 Å². The molecule has 3 heterocycles. The second-order valence-corrected chi connectivity index (χ2v) is 7.34. The van der Waals surface area contributed by atoms with E-state index >= 15 is 0 Å². The van der Waals surface area contributed by atoms with Crippen LogP contribution in [0.5, 0.6) is 0 Å². The van der Waals surface area contributed by atoms with E-state index in [2.05, 4.69) is 14.9 Å². The van der Waals surface area contributed by atoms with Crippen molar-refractivity contribution in [3.05, 3.63) is 48.2 Å². The average Bonchev–Trinajstić information content (AvgIpc) is 2.75. The van der Waals surface area contributed by atoms with Gasteiger partial charge in [0.25, 0.3) is 0 Å². The van der Waals surface area contributed by atoms with E-state index in [9.17, 15) is 9.18 Å². The minimum absolute atomic E-state index is 0.134. The van der Waals surface area contributed by atoms with Gasteiger partial charge < -0.3 is 9.64 Å². The largest absolute Gasteiger partial charge is 0.378 e. The second kappa shape index (κ2) is 8.75. The lowest BCUT2D eigenvalue weighted by Crippen LogP contribution is -2.47. The number of nitrogens with zero attached hydrogens (tertiary/aromatic N) is 4. The number of hydrogen-bond donors (Lipinski definition) is 0. The Balaban J connectivity index is 1.49. The molecular formula is C21H25FN4O2. The summed E-state index contributed by atoms with van der Waals surface area (Å²) in [5, 5.41) is 0. The number of amides is 1. The number of likely N-dealkylation sites (tertiary alicyclic amines) is 1. The van der Waals surface area contributed by atoms with Crippen molar-refractivity contribution in [2.24, 2.45) is 0 Å². The lowest BCUT2D eigenvalue weighted by molar-refractivity contribution is -0.136. The third kappa shape index (κ3) is 4.20. The molecule has 7 heteroatoms. The van der Waals surface area contributed by atoms with Gasteiger partial charge in [0, 0.05) is 43.5 Å². The average molecular weight is 384 g/mol. The molecule has 1 aromatic heterocycles. The normalized spacial score (nSPS) is 20.9. The maximum atomic E-state index is 14.3. The highest BCUT2D eigenvalue weighted by molar-refractivity contribution is 5.78. The Hall–Kier alpha value is -2.38. The first-order chi connectivity index (χ1) is 13.7. The molecule has 4 rings (SSSR count). The summed E-state index contributed by atoms with van der Waals surface area (Å²) >= 11 is 0. The topological polar surface area (TPSA) is 58.6 Å². The van der Waals surface area contributed by atoms with Gasteiger partial charge in [-0.05, 0) is 31.5 Å². The summed E-state index contributed by atoms with van der Waals surface area (Å²) in [4.78, 5) is 25.6. The molecule has 1 amide bonds. The first kappa shape index (κ1) is 19.0. The monoisotopic (exact) mass is 384 g/mol. The third-order valence-electron chi connectivity index (χ3n) is 5.47. The molecule has 0 N–H and O–H groups in total. The lowest BCUT2D eigenvalue weighted by Gasteiger charge is -2.34. The van der Waals surface area contributed by atoms with Gasteiger partial charge in [-0.25, -0.2) is 4.39 Å². The molecule has 2 aliphatic heterocycles. The molecule has 1 aromatic carbocycles. The molecule has 28 heavy (non-hydrogen) atoms. The fourth-order valence-electron chi connectivity index (χ4n) is 4.03. The molecular weight excluding hydrogens is 359 g/mol. The van der Waals surface area contributed by atoms with E-state index < -0.39 is 0 Å². The summed E-state index contributed by atoms with van der Waals surface area (Å²) in [5.74, 6) is -0.00798. The first-order valence-corrected chi connectivity index (χ1v) is 9.86. The maximum absolute atomic E-state index is 14.3. The van der Waals surface area contributed by atoms with Crippen molar-refractivity contribution in [3.63, 3.8) is 0 Å². The van der Waals surface area contributed by atoms with E-state index in [0.717, 1.165) is 31.6 Å². The molecule has 1 unspecified atom stereocenters. The van der Waals surface area contributed by atoms with E-state index in [0.29, 0.717) is 44.1 Å². The number of carbonyl (C=O) groups excluding carboxylic acids is 1. The van der Waals surface area contributed by atoms with Gasteiger partial charge in [-0.1, -0.05) is 12.1 Å². The molecule has 0 radical (unpaired) electrons. The first-order valence-electron chi connectivity index (χ1n) is 9.86. The number of aromatic nitrogens is 2. The molecule has 1 atom stereocenters. The number of ether oxygens (including phenoxy) is 1. The van der Waals surface area contributed by atoms with Crippen LogP contribution in [0.25, 0.3) is 11.3 Å². The molecule has 2 aromatic rings. The standard InChI is InChI=1S/C21H25FN4O2/c22-18-6-2-1-5-17(18)21-20(23-7-8-24-21)16-4-3-9-25(14-16)15-19(27)26-10-12-28-13-11-26/h1-2,5-8,16H,3-4,9-15H2. The second-order valence-electron chi connectivity index (χ2n) is 7.34. The summed E-state index contributed by atoms with van der Waals surface area (Å²) in [6.07, 6.45) is 5.21. The van der Waals surface area contributed by atoms with Gasteiger partial charge in [0.15, 0.2) is 0 Å². The van der Waals surface area contributed by atoms with Gasteiger partial charge in [-0.15, -0.1) is 0 Å². The van der Waals surface area contributed by atoms with Crippen LogP contribution in [-0.2, 0) is 9.53 Å². The fraction of sp³-hybridized carbons (Fsp3) is 0.476.